The molecule has 1 aliphatic carbocycles. The van der Waals surface area contributed by atoms with E-state index in [0.717, 1.165) is 5.75 Å². The molecule has 0 saturated heterocycles. The predicted molar refractivity (Wildman–Crippen MR) is 70.5 cm³/mol. The Balaban J connectivity index is 1.98. The summed E-state index contributed by atoms with van der Waals surface area (Å²) in [4.78, 5) is 1.42. The maximum atomic E-state index is 6.37. The van der Waals surface area contributed by atoms with E-state index < -0.39 is 0 Å². The van der Waals surface area contributed by atoms with Crippen LogP contribution in [0.15, 0.2) is 35.7 Å². The molecule has 4 rings (SSSR count). The molecule has 0 radical (unpaired) electrons. The maximum absolute atomic E-state index is 6.37. The lowest BCUT2D eigenvalue weighted by molar-refractivity contribution is 0.0718. The summed E-state index contributed by atoms with van der Waals surface area (Å²) in [7, 11) is 0. The van der Waals surface area contributed by atoms with E-state index in [9.17, 15) is 0 Å². The van der Waals surface area contributed by atoms with Crippen molar-refractivity contribution in [2.45, 2.75) is 31.3 Å². The third-order valence-electron chi connectivity index (χ3n) is 4.00. The first kappa shape index (κ1) is 9.72. The molecule has 1 spiro atoms. The Morgan fingerprint density at radius 1 is 1.06 bits per heavy atom. The number of hydrogen-bond acceptors (Lipinski definition) is 2. The van der Waals surface area contributed by atoms with Gasteiger partial charge >= 0.3 is 0 Å². The highest BCUT2D eigenvalue weighted by Gasteiger charge is 2.43. The largest absolute Gasteiger partial charge is 0.482 e. The third kappa shape index (κ3) is 1.25. The molecule has 17 heavy (non-hydrogen) atoms. The van der Waals surface area contributed by atoms with Crippen LogP contribution in [-0.4, -0.2) is 0 Å². The second kappa shape index (κ2) is 3.36. The average Bonchev–Trinajstić information content (AvgIpc) is 2.99. The van der Waals surface area contributed by atoms with E-state index >= 15 is 0 Å². The van der Waals surface area contributed by atoms with Gasteiger partial charge in [0, 0.05) is 16.0 Å². The predicted octanol–water partition coefficient (Wildman–Crippen LogP) is 4.58. The van der Waals surface area contributed by atoms with E-state index in [1.165, 1.54) is 41.7 Å². The van der Waals surface area contributed by atoms with Crippen LogP contribution in [0.2, 0.25) is 0 Å². The second-order valence-electron chi connectivity index (χ2n) is 4.96. The fraction of sp³-hybridized carbons (Fsp3) is 0.333. The topological polar surface area (TPSA) is 9.23 Å². The molecule has 86 valence electrons. The molecular formula is C15H14OS. The van der Waals surface area contributed by atoms with Crippen LogP contribution >= 0.6 is 11.3 Å². The van der Waals surface area contributed by atoms with Crippen LogP contribution in [0.3, 0.4) is 0 Å². The van der Waals surface area contributed by atoms with E-state index in [4.69, 9.17) is 4.74 Å². The molecule has 2 aliphatic rings. The van der Waals surface area contributed by atoms with Crippen molar-refractivity contribution in [1.29, 1.82) is 0 Å². The molecular weight excluding hydrogens is 228 g/mol. The molecule has 2 heterocycles. The molecule has 1 aromatic carbocycles. The van der Waals surface area contributed by atoms with Crippen molar-refractivity contribution in [3.8, 4) is 16.2 Å². The summed E-state index contributed by atoms with van der Waals surface area (Å²) in [5.74, 6) is 1.07. The minimum Gasteiger partial charge on any atom is -0.482 e. The highest BCUT2D eigenvalue weighted by atomic mass is 32.1. The molecule has 2 aromatic rings. The fourth-order valence-electron chi connectivity index (χ4n) is 3.20. The minimum absolute atomic E-state index is 0.0102. The summed E-state index contributed by atoms with van der Waals surface area (Å²) in [5.41, 5.74) is 2.69. The zero-order chi connectivity index (χ0) is 11.3. The molecule has 1 saturated carbocycles. The Hall–Kier alpha value is -1.28. The second-order valence-corrected chi connectivity index (χ2v) is 5.88. The van der Waals surface area contributed by atoms with E-state index in [2.05, 4.69) is 35.7 Å². The molecule has 0 atom stereocenters. The summed E-state index contributed by atoms with van der Waals surface area (Å²) in [5, 5.41) is 2.20. The number of fused-ring (bicyclic) bond motifs is 4. The van der Waals surface area contributed by atoms with Gasteiger partial charge in [0.05, 0.1) is 0 Å². The quantitative estimate of drug-likeness (QED) is 0.657. The van der Waals surface area contributed by atoms with Crippen molar-refractivity contribution < 1.29 is 4.74 Å². The van der Waals surface area contributed by atoms with Crippen molar-refractivity contribution in [2.24, 2.45) is 0 Å². The van der Waals surface area contributed by atoms with Gasteiger partial charge in [-0.25, -0.2) is 0 Å². The van der Waals surface area contributed by atoms with Gasteiger partial charge in [0.1, 0.15) is 11.4 Å². The SMILES string of the molecule is c1ccc2c(c1)OC1(CCCC1)c1ccsc1-2. The van der Waals surface area contributed by atoms with Crippen molar-refractivity contribution in [1.82, 2.24) is 0 Å². The molecule has 0 bridgehead atoms. The van der Waals surface area contributed by atoms with E-state index in [0.29, 0.717) is 0 Å². The molecule has 1 aromatic heterocycles. The van der Waals surface area contributed by atoms with Gasteiger partial charge in [0.2, 0.25) is 0 Å². The average molecular weight is 242 g/mol. The summed E-state index contributed by atoms with van der Waals surface area (Å²) in [6, 6.07) is 10.7. The highest BCUT2D eigenvalue weighted by molar-refractivity contribution is 7.13. The van der Waals surface area contributed by atoms with Crippen LogP contribution in [0.4, 0.5) is 0 Å². The Bertz CT molecular complexity index is 564. The van der Waals surface area contributed by atoms with Gasteiger partial charge in [-0.2, -0.15) is 0 Å². The lowest BCUT2D eigenvalue weighted by Gasteiger charge is -2.35. The Labute approximate surface area is 105 Å². The molecule has 1 fully saturated rings. The first-order valence-corrected chi connectivity index (χ1v) is 7.13. The van der Waals surface area contributed by atoms with Gasteiger partial charge in [-0.05, 0) is 49.3 Å². The number of ether oxygens (including phenoxy) is 1. The first-order chi connectivity index (χ1) is 8.39. The number of para-hydroxylation sites is 1. The van der Waals surface area contributed by atoms with Crippen molar-refractivity contribution in [3.05, 3.63) is 41.3 Å². The van der Waals surface area contributed by atoms with Crippen molar-refractivity contribution >= 4 is 11.3 Å². The Kier molecular flexibility index (Phi) is 1.92. The zero-order valence-corrected chi connectivity index (χ0v) is 10.4. The summed E-state index contributed by atoms with van der Waals surface area (Å²) < 4.78 is 6.37. The summed E-state index contributed by atoms with van der Waals surface area (Å²) in [6.45, 7) is 0. The molecule has 0 N–H and O–H groups in total. The molecule has 0 unspecified atom stereocenters. The zero-order valence-electron chi connectivity index (χ0n) is 9.61. The lowest BCUT2D eigenvalue weighted by Crippen LogP contribution is -2.32. The van der Waals surface area contributed by atoms with Crippen LogP contribution in [-0.2, 0) is 5.60 Å². The first-order valence-electron chi connectivity index (χ1n) is 6.25. The van der Waals surface area contributed by atoms with Gasteiger partial charge in [0.25, 0.3) is 0 Å². The van der Waals surface area contributed by atoms with Gasteiger partial charge in [-0.15, -0.1) is 11.3 Å². The van der Waals surface area contributed by atoms with Crippen LogP contribution in [0, 0.1) is 0 Å². The normalized spacial score (nSPS) is 19.8. The van der Waals surface area contributed by atoms with Crippen LogP contribution in [0.1, 0.15) is 31.2 Å². The molecule has 2 heteroatoms. The Morgan fingerprint density at radius 2 is 1.88 bits per heavy atom. The standard InChI is InChI=1S/C15H14OS/c1-2-6-13-11(5-1)14-12(7-10-17-14)15(16-13)8-3-4-9-15/h1-2,5-7,10H,3-4,8-9H2. The van der Waals surface area contributed by atoms with Gasteiger partial charge in [-0.3, -0.25) is 0 Å². The van der Waals surface area contributed by atoms with Crippen molar-refractivity contribution in [3.63, 3.8) is 0 Å². The van der Waals surface area contributed by atoms with Crippen LogP contribution in [0.5, 0.6) is 5.75 Å². The van der Waals surface area contributed by atoms with Crippen LogP contribution < -0.4 is 4.74 Å². The smallest absolute Gasteiger partial charge is 0.135 e. The molecule has 0 amide bonds. The van der Waals surface area contributed by atoms with E-state index in [1.807, 2.05) is 11.3 Å². The maximum Gasteiger partial charge on any atom is 0.135 e. The highest BCUT2D eigenvalue weighted by Crippen LogP contribution is 2.53. The Morgan fingerprint density at radius 3 is 2.76 bits per heavy atom. The summed E-state index contributed by atoms with van der Waals surface area (Å²) in [6.07, 6.45) is 4.92. The number of rotatable bonds is 0. The van der Waals surface area contributed by atoms with Gasteiger partial charge < -0.3 is 4.74 Å². The van der Waals surface area contributed by atoms with Crippen molar-refractivity contribution in [2.75, 3.05) is 0 Å². The van der Waals surface area contributed by atoms with E-state index in [1.54, 1.807) is 0 Å². The lowest BCUT2D eigenvalue weighted by atomic mass is 9.88. The monoisotopic (exact) mass is 242 g/mol. The number of thiophene rings is 1. The van der Waals surface area contributed by atoms with Gasteiger partial charge in [0.15, 0.2) is 0 Å². The molecule has 1 nitrogen and oxygen atoms in total. The van der Waals surface area contributed by atoms with E-state index in [-0.39, 0.29) is 5.60 Å². The van der Waals surface area contributed by atoms with Gasteiger partial charge in [-0.1, -0.05) is 12.1 Å². The molecule has 1 aliphatic heterocycles. The minimum atomic E-state index is -0.0102. The third-order valence-corrected chi connectivity index (χ3v) is 4.95. The number of benzene rings is 1. The summed E-state index contributed by atoms with van der Waals surface area (Å²) >= 11 is 1.85. The van der Waals surface area contributed by atoms with Crippen LogP contribution in [0.25, 0.3) is 10.4 Å². The fourth-order valence-corrected chi connectivity index (χ4v) is 4.22. The number of hydrogen-bond donors (Lipinski definition) is 0.